The SMILES string of the molecule is Cc1cc2nc(NCCN3CCOCC3)ccc2c(-c2ccc(Cl)cc2)c1CC(=O)O. The molecule has 7 heteroatoms. The van der Waals surface area contributed by atoms with Gasteiger partial charge in [0.05, 0.1) is 25.2 Å². The van der Waals surface area contributed by atoms with Crippen LogP contribution in [0.1, 0.15) is 11.1 Å². The minimum atomic E-state index is -0.855. The van der Waals surface area contributed by atoms with Gasteiger partial charge in [-0.05, 0) is 59.5 Å². The monoisotopic (exact) mass is 439 g/mol. The number of hydrogen-bond donors (Lipinski definition) is 2. The van der Waals surface area contributed by atoms with Gasteiger partial charge in [0.25, 0.3) is 0 Å². The van der Waals surface area contributed by atoms with E-state index in [1.54, 1.807) is 0 Å². The van der Waals surface area contributed by atoms with Crippen molar-refractivity contribution in [1.82, 2.24) is 9.88 Å². The number of carbonyl (C=O) groups is 1. The second kappa shape index (κ2) is 9.64. The van der Waals surface area contributed by atoms with Gasteiger partial charge in [-0.1, -0.05) is 23.7 Å². The number of aromatic nitrogens is 1. The second-order valence-corrected chi connectivity index (χ2v) is 8.20. The number of nitrogens with zero attached hydrogens (tertiary/aromatic N) is 2. The second-order valence-electron chi connectivity index (χ2n) is 7.77. The van der Waals surface area contributed by atoms with E-state index in [1.807, 2.05) is 49.4 Å². The van der Waals surface area contributed by atoms with Crippen LogP contribution in [-0.2, 0) is 16.0 Å². The van der Waals surface area contributed by atoms with E-state index in [0.29, 0.717) is 5.02 Å². The zero-order valence-electron chi connectivity index (χ0n) is 17.5. The van der Waals surface area contributed by atoms with Crippen LogP contribution in [0.5, 0.6) is 0 Å². The number of rotatable bonds is 7. The summed E-state index contributed by atoms with van der Waals surface area (Å²) in [5, 5.41) is 14.5. The number of hydrogen-bond acceptors (Lipinski definition) is 5. The highest BCUT2D eigenvalue weighted by atomic mass is 35.5. The maximum Gasteiger partial charge on any atom is 0.307 e. The van der Waals surface area contributed by atoms with Crippen molar-refractivity contribution in [2.45, 2.75) is 13.3 Å². The van der Waals surface area contributed by atoms with Gasteiger partial charge in [-0.25, -0.2) is 4.98 Å². The zero-order chi connectivity index (χ0) is 21.8. The van der Waals surface area contributed by atoms with Gasteiger partial charge < -0.3 is 15.2 Å². The summed E-state index contributed by atoms with van der Waals surface area (Å²) in [7, 11) is 0. The van der Waals surface area contributed by atoms with E-state index in [9.17, 15) is 9.90 Å². The fourth-order valence-electron chi connectivity index (χ4n) is 4.04. The molecule has 0 aliphatic carbocycles. The molecule has 0 bridgehead atoms. The number of nitrogens with one attached hydrogen (secondary N) is 1. The molecule has 0 spiro atoms. The fourth-order valence-corrected chi connectivity index (χ4v) is 4.16. The number of pyridine rings is 1. The van der Waals surface area contributed by atoms with Crippen LogP contribution in [-0.4, -0.2) is 60.4 Å². The highest BCUT2D eigenvalue weighted by molar-refractivity contribution is 6.30. The van der Waals surface area contributed by atoms with E-state index < -0.39 is 5.97 Å². The Morgan fingerprint density at radius 1 is 1.19 bits per heavy atom. The Morgan fingerprint density at radius 3 is 2.65 bits per heavy atom. The van der Waals surface area contributed by atoms with Gasteiger partial charge in [-0.15, -0.1) is 0 Å². The number of halogens is 1. The molecule has 31 heavy (non-hydrogen) atoms. The molecule has 4 rings (SSSR count). The molecule has 0 unspecified atom stereocenters. The summed E-state index contributed by atoms with van der Waals surface area (Å²) in [5.41, 5.74) is 4.40. The first-order chi connectivity index (χ1) is 15.0. The van der Waals surface area contributed by atoms with Crippen LogP contribution in [0.15, 0.2) is 42.5 Å². The van der Waals surface area contributed by atoms with Crippen LogP contribution in [0.3, 0.4) is 0 Å². The van der Waals surface area contributed by atoms with Crippen molar-refractivity contribution in [2.24, 2.45) is 0 Å². The van der Waals surface area contributed by atoms with Crippen molar-refractivity contribution in [3.05, 3.63) is 58.6 Å². The molecule has 2 aromatic carbocycles. The lowest BCUT2D eigenvalue weighted by Crippen LogP contribution is -2.39. The number of carboxylic acid groups (broad SMARTS) is 1. The molecule has 0 atom stereocenters. The molecule has 1 saturated heterocycles. The lowest BCUT2D eigenvalue weighted by molar-refractivity contribution is -0.136. The highest BCUT2D eigenvalue weighted by Crippen LogP contribution is 2.35. The number of aliphatic carboxylic acids is 1. The molecule has 1 aromatic heterocycles. The largest absolute Gasteiger partial charge is 0.481 e. The first-order valence-electron chi connectivity index (χ1n) is 10.5. The summed E-state index contributed by atoms with van der Waals surface area (Å²) in [5.74, 6) is -0.0415. The normalized spacial score (nSPS) is 14.6. The van der Waals surface area contributed by atoms with Crippen LogP contribution in [0.25, 0.3) is 22.0 Å². The van der Waals surface area contributed by atoms with Gasteiger partial charge in [0, 0.05) is 36.6 Å². The van der Waals surface area contributed by atoms with Crippen molar-refractivity contribution in [2.75, 3.05) is 44.7 Å². The molecule has 1 aliphatic rings. The molecule has 162 valence electrons. The molecule has 2 N–H and O–H groups in total. The van der Waals surface area contributed by atoms with Crippen molar-refractivity contribution in [3.63, 3.8) is 0 Å². The lowest BCUT2D eigenvalue weighted by atomic mass is 9.90. The Hall–Kier alpha value is -2.67. The van der Waals surface area contributed by atoms with Gasteiger partial charge in [-0.2, -0.15) is 0 Å². The minimum absolute atomic E-state index is 0.0424. The maximum atomic E-state index is 11.5. The van der Waals surface area contributed by atoms with Crippen molar-refractivity contribution < 1.29 is 14.6 Å². The topological polar surface area (TPSA) is 74.7 Å². The number of morpholine rings is 1. The molecule has 0 saturated carbocycles. The maximum absolute atomic E-state index is 11.5. The number of benzene rings is 2. The molecular formula is C24H26ClN3O3. The van der Waals surface area contributed by atoms with Crippen LogP contribution in [0.4, 0.5) is 5.82 Å². The molecular weight excluding hydrogens is 414 g/mol. The van der Waals surface area contributed by atoms with E-state index in [-0.39, 0.29) is 6.42 Å². The molecule has 2 heterocycles. The summed E-state index contributed by atoms with van der Waals surface area (Å²) >= 11 is 6.07. The smallest absolute Gasteiger partial charge is 0.307 e. The van der Waals surface area contributed by atoms with Crippen LogP contribution < -0.4 is 5.32 Å². The standard InChI is InChI=1S/C24H26ClN3O3/c1-16-14-21-19(6-7-22(27-21)26-8-9-28-10-12-31-13-11-28)24(20(16)15-23(29)30)17-2-4-18(25)5-3-17/h2-7,14H,8-13,15H2,1H3,(H,26,27)(H,29,30). The third-order valence-corrected chi connectivity index (χ3v) is 5.88. The van der Waals surface area contributed by atoms with E-state index in [1.165, 1.54) is 0 Å². The van der Waals surface area contributed by atoms with Gasteiger partial charge >= 0.3 is 5.97 Å². The molecule has 1 aliphatic heterocycles. The Balaban J connectivity index is 1.66. The molecule has 3 aromatic rings. The summed E-state index contributed by atoms with van der Waals surface area (Å²) in [4.78, 5) is 18.7. The number of aryl methyl sites for hydroxylation is 1. The Morgan fingerprint density at radius 2 is 1.94 bits per heavy atom. The number of ether oxygens (including phenoxy) is 1. The lowest BCUT2D eigenvalue weighted by Gasteiger charge is -2.26. The third-order valence-electron chi connectivity index (χ3n) is 5.62. The van der Waals surface area contributed by atoms with Gasteiger partial charge in [0.2, 0.25) is 0 Å². The van der Waals surface area contributed by atoms with Crippen molar-refractivity contribution in [1.29, 1.82) is 0 Å². The average Bonchev–Trinajstić information content (AvgIpc) is 2.76. The van der Waals surface area contributed by atoms with E-state index in [4.69, 9.17) is 21.3 Å². The van der Waals surface area contributed by atoms with E-state index in [0.717, 1.165) is 78.4 Å². The van der Waals surface area contributed by atoms with Gasteiger partial charge in [0.1, 0.15) is 5.82 Å². The average molecular weight is 440 g/mol. The highest BCUT2D eigenvalue weighted by Gasteiger charge is 2.17. The molecule has 6 nitrogen and oxygen atoms in total. The summed E-state index contributed by atoms with van der Waals surface area (Å²) in [6, 6.07) is 13.5. The predicted octanol–water partition coefficient (Wildman–Crippen LogP) is 4.23. The quantitative estimate of drug-likeness (QED) is 0.573. The van der Waals surface area contributed by atoms with Crippen LogP contribution in [0, 0.1) is 6.92 Å². The summed E-state index contributed by atoms with van der Waals surface area (Å²) in [6.45, 7) is 7.19. The van der Waals surface area contributed by atoms with Crippen molar-refractivity contribution in [3.8, 4) is 11.1 Å². The first-order valence-corrected chi connectivity index (χ1v) is 10.8. The zero-order valence-corrected chi connectivity index (χ0v) is 18.3. The number of carboxylic acids is 1. The Labute approximate surface area is 186 Å². The van der Waals surface area contributed by atoms with Crippen LogP contribution >= 0.6 is 11.6 Å². The van der Waals surface area contributed by atoms with Crippen LogP contribution in [0.2, 0.25) is 5.02 Å². The minimum Gasteiger partial charge on any atom is -0.481 e. The van der Waals surface area contributed by atoms with Gasteiger partial charge in [-0.3, -0.25) is 9.69 Å². The third kappa shape index (κ3) is 5.15. The van der Waals surface area contributed by atoms with Crippen molar-refractivity contribution >= 4 is 34.3 Å². The number of anilines is 1. The Bertz CT molecular complexity index is 1080. The first kappa shape index (κ1) is 21.6. The number of fused-ring (bicyclic) bond motifs is 1. The van der Waals surface area contributed by atoms with Gasteiger partial charge in [0.15, 0.2) is 0 Å². The molecule has 0 radical (unpaired) electrons. The summed E-state index contributed by atoms with van der Waals surface area (Å²) in [6.07, 6.45) is -0.0424. The fraction of sp³-hybridized carbons (Fsp3) is 0.333. The Kier molecular flexibility index (Phi) is 6.70. The summed E-state index contributed by atoms with van der Waals surface area (Å²) < 4.78 is 5.39. The molecule has 0 amide bonds. The molecule has 1 fully saturated rings. The predicted molar refractivity (Wildman–Crippen MR) is 124 cm³/mol. The van der Waals surface area contributed by atoms with E-state index in [2.05, 4.69) is 10.2 Å². The van der Waals surface area contributed by atoms with E-state index >= 15 is 0 Å².